The molecule has 3 heterocycles. The molecule has 3 aliphatic heterocycles. The summed E-state index contributed by atoms with van der Waals surface area (Å²) < 4.78 is 38.0. The van der Waals surface area contributed by atoms with Gasteiger partial charge in [0.1, 0.15) is 5.76 Å². The number of ketones is 1. The standard InChI is InChI=1S/C28H32ClN3O7S/c29-22-6-2-20(3-7-22)25-24(27(34)28(35)32(25)11-1-10-30-12-16-38-17-13-30)26(33)21-4-8-23(9-5-21)40(36,37)31-14-18-39-19-15-31/h2-9,25,33H,1,10-19H2/b26-24-. The van der Waals surface area contributed by atoms with Crippen molar-refractivity contribution in [3.8, 4) is 0 Å². The first-order chi connectivity index (χ1) is 19.3. The molecule has 10 nitrogen and oxygen atoms in total. The monoisotopic (exact) mass is 589 g/mol. The van der Waals surface area contributed by atoms with E-state index in [0.717, 1.165) is 19.6 Å². The lowest BCUT2D eigenvalue weighted by Gasteiger charge is -2.29. The van der Waals surface area contributed by atoms with E-state index in [-0.39, 0.29) is 34.9 Å². The van der Waals surface area contributed by atoms with Crippen molar-refractivity contribution in [2.45, 2.75) is 17.4 Å². The molecule has 12 heteroatoms. The minimum Gasteiger partial charge on any atom is -0.507 e. The van der Waals surface area contributed by atoms with E-state index < -0.39 is 27.8 Å². The Kier molecular flexibility index (Phi) is 8.89. The second-order valence-corrected chi connectivity index (χ2v) is 12.3. The van der Waals surface area contributed by atoms with Gasteiger partial charge in [0.05, 0.1) is 42.9 Å². The normalized spacial score (nSPS) is 22.6. The van der Waals surface area contributed by atoms with E-state index in [1.54, 1.807) is 24.3 Å². The minimum absolute atomic E-state index is 0.0394. The first-order valence-electron chi connectivity index (χ1n) is 13.3. The number of sulfonamides is 1. The molecule has 1 atom stereocenters. The number of hydrogen-bond donors (Lipinski definition) is 1. The summed E-state index contributed by atoms with van der Waals surface area (Å²) in [5, 5.41) is 11.8. The van der Waals surface area contributed by atoms with Gasteiger partial charge in [-0.2, -0.15) is 4.31 Å². The number of carbonyl (C=O) groups excluding carboxylic acids is 2. The predicted octanol–water partition coefficient (Wildman–Crippen LogP) is 2.50. The number of likely N-dealkylation sites (tertiary alicyclic amines) is 1. The SMILES string of the molecule is O=C1C(=O)N(CCCN2CCOCC2)C(c2ccc(Cl)cc2)/C1=C(/O)c1ccc(S(=O)(=O)N2CCOCC2)cc1. The first-order valence-corrected chi connectivity index (χ1v) is 15.1. The topological polar surface area (TPSA) is 117 Å². The third-order valence-electron chi connectivity index (χ3n) is 7.44. The van der Waals surface area contributed by atoms with Crippen LogP contribution in [0.1, 0.15) is 23.6 Å². The van der Waals surface area contributed by atoms with Gasteiger partial charge in [0.2, 0.25) is 10.0 Å². The zero-order valence-electron chi connectivity index (χ0n) is 22.0. The van der Waals surface area contributed by atoms with E-state index in [0.29, 0.717) is 50.0 Å². The van der Waals surface area contributed by atoms with Crippen LogP contribution >= 0.6 is 11.6 Å². The van der Waals surface area contributed by atoms with E-state index in [4.69, 9.17) is 21.1 Å². The van der Waals surface area contributed by atoms with Crippen molar-refractivity contribution >= 4 is 39.1 Å². The second-order valence-electron chi connectivity index (χ2n) is 9.89. The van der Waals surface area contributed by atoms with Crippen LogP contribution < -0.4 is 0 Å². The molecule has 2 aromatic rings. The number of amides is 1. The number of halogens is 1. The molecule has 2 aromatic carbocycles. The van der Waals surface area contributed by atoms with Crippen molar-refractivity contribution in [2.75, 3.05) is 65.7 Å². The maximum atomic E-state index is 13.3. The number of ether oxygens (including phenoxy) is 2. The van der Waals surface area contributed by atoms with Gasteiger partial charge in [0, 0.05) is 49.9 Å². The van der Waals surface area contributed by atoms with Crippen LogP contribution in [0, 0.1) is 0 Å². The summed E-state index contributed by atoms with van der Waals surface area (Å²) in [6.07, 6.45) is 0.644. The number of hydrogen-bond acceptors (Lipinski definition) is 8. The minimum atomic E-state index is -3.73. The smallest absolute Gasteiger partial charge is 0.295 e. The maximum absolute atomic E-state index is 13.3. The van der Waals surface area contributed by atoms with E-state index in [2.05, 4.69) is 4.90 Å². The molecule has 1 unspecified atom stereocenters. The van der Waals surface area contributed by atoms with E-state index in [1.807, 2.05) is 0 Å². The van der Waals surface area contributed by atoms with Crippen LogP contribution in [0.25, 0.3) is 5.76 Å². The van der Waals surface area contributed by atoms with E-state index in [1.165, 1.54) is 33.5 Å². The largest absolute Gasteiger partial charge is 0.507 e. The molecule has 0 spiro atoms. The molecule has 40 heavy (non-hydrogen) atoms. The van der Waals surface area contributed by atoms with Crippen molar-refractivity contribution in [1.29, 1.82) is 0 Å². The quantitative estimate of drug-likeness (QED) is 0.284. The van der Waals surface area contributed by atoms with Crippen LogP contribution in [0.4, 0.5) is 0 Å². The summed E-state index contributed by atoms with van der Waals surface area (Å²) in [5.41, 5.74) is 0.844. The fourth-order valence-electron chi connectivity index (χ4n) is 5.27. The Balaban J connectivity index is 1.44. The molecule has 1 amide bonds. The van der Waals surface area contributed by atoms with Crippen molar-refractivity contribution in [3.05, 3.63) is 70.3 Å². The molecule has 214 valence electrons. The van der Waals surface area contributed by atoms with Crippen LogP contribution in [0.2, 0.25) is 5.02 Å². The lowest BCUT2D eigenvalue weighted by Crippen LogP contribution is -2.40. The molecule has 3 aliphatic rings. The fraction of sp³-hybridized carbons (Fsp3) is 0.429. The van der Waals surface area contributed by atoms with Gasteiger partial charge in [-0.3, -0.25) is 14.5 Å². The number of aliphatic hydroxyl groups excluding tert-OH is 1. The van der Waals surface area contributed by atoms with E-state index >= 15 is 0 Å². The average Bonchev–Trinajstić information content (AvgIpc) is 3.23. The summed E-state index contributed by atoms with van der Waals surface area (Å²) >= 11 is 6.10. The number of rotatable bonds is 8. The number of benzene rings is 2. The lowest BCUT2D eigenvalue weighted by atomic mass is 9.95. The summed E-state index contributed by atoms with van der Waals surface area (Å²) in [6, 6.07) is 11.7. The molecule has 5 rings (SSSR count). The van der Waals surface area contributed by atoms with Crippen LogP contribution in [0.15, 0.2) is 59.0 Å². The molecule has 0 radical (unpaired) electrons. The highest BCUT2D eigenvalue weighted by Crippen LogP contribution is 2.40. The fourth-order valence-corrected chi connectivity index (χ4v) is 6.80. The molecule has 3 fully saturated rings. The van der Waals surface area contributed by atoms with Crippen molar-refractivity contribution in [1.82, 2.24) is 14.1 Å². The Hall–Kier alpha value is -2.80. The van der Waals surface area contributed by atoms with Gasteiger partial charge in [-0.25, -0.2) is 8.42 Å². The number of Topliss-reactive ketones (excluding diaryl/α,β-unsaturated/α-hetero) is 1. The van der Waals surface area contributed by atoms with Crippen LogP contribution in [-0.2, 0) is 29.1 Å². The highest BCUT2D eigenvalue weighted by atomic mass is 35.5. The molecule has 0 aliphatic carbocycles. The number of carbonyl (C=O) groups is 2. The van der Waals surface area contributed by atoms with Crippen molar-refractivity contribution < 1.29 is 32.6 Å². The summed E-state index contributed by atoms with van der Waals surface area (Å²) in [5.74, 6) is -1.83. The zero-order valence-corrected chi connectivity index (χ0v) is 23.6. The Bertz CT molecular complexity index is 1370. The molecule has 1 N–H and O–H groups in total. The summed E-state index contributed by atoms with van der Waals surface area (Å²) in [6.45, 7) is 5.23. The molecule has 0 aromatic heterocycles. The van der Waals surface area contributed by atoms with Crippen molar-refractivity contribution in [2.24, 2.45) is 0 Å². The number of nitrogens with zero attached hydrogens (tertiary/aromatic N) is 3. The highest BCUT2D eigenvalue weighted by molar-refractivity contribution is 7.89. The van der Waals surface area contributed by atoms with Gasteiger partial charge in [-0.15, -0.1) is 0 Å². The molecule has 0 bridgehead atoms. The Labute approximate surface area is 238 Å². The van der Waals surface area contributed by atoms with Gasteiger partial charge >= 0.3 is 0 Å². The first kappa shape index (κ1) is 28.7. The lowest BCUT2D eigenvalue weighted by molar-refractivity contribution is -0.140. The second kappa shape index (κ2) is 12.4. The maximum Gasteiger partial charge on any atom is 0.295 e. The Morgan fingerprint density at radius 2 is 1.48 bits per heavy atom. The molecular weight excluding hydrogens is 558 g/mol. The van der Waals surface area contributed by atoms with Crippen LogP contribution in [0.5, 0.6) is 0 Å². The third-order valence-corrected chi connectivity index (χ3v) is 9.60. The molecule has 3 saturated heterocycles. The highest BCUT2D eigenvalue weighted by Gasteiger charge is 2.45. The zero-order chi connectivity index (χ0) is 28.3. The third kappa shape index (κ3) is 5.95. The molecule has 0 saturated carbocycles. The number of morpholine rings is 2. The number of aliphatic hydroxyl groups is 1. The predicted molar refractivity (Wildman–Crippen MR) is 148 cm³/mol. The van der Waals surface area contributed by atoms with Crippen LogP contribution in [0.3, 0.4) is 0 Å². The summed E-state index contributed by atoms with van der Waals surface area (Å²) in [4.78, 5) is 30.3. The van der Waals surface area contributed by atoms with Gasteiger partial charge < -0.3 is 19.5 Å². The van der Waals surface area contributed by atoms with E-state index in [9.17, 15) is 23.1 Å². The average molecular weight is 590 g/mol. The summed E-state index contributed by atoms with van der Waals surface area (Å²) in [7, 11) is -3.73. The van der Waals surface area contributed by atoms with Crippen molar-refractivity contribution in [3.63, 3.8) is 0 Å². The van der Waals surface area contributed by atoms with Crippen LogP contribution in [-0.4, -0.2) is 105 Å². The van der Waals surface area contributed by atoms with Gasteiger partial charge in [-0.05, 0) is 48.4 Å². The molecular formula is C28H32ClN3O7S. The Morgan fingerprint density at radius 1 is 0.875 bits per heavy atom. The van der Waals surface area contributed by atoms with Gasteiger partial charge in [0.25, 0.3) is 11.7 Å². The Morgan fingerprint density at radius 3 is 2.10 bits per heavy atom. The van der Waals surface area contributed by atoms with Gasteiger partial charge in [-0.1, -0.05) is 23.7 Å². The van der Waals surface area contributed by atoms with Gasteiger partial charge in [0.15, 0.2) is 0 Å².